The van der Waals surface area contributed by atoms with E-state index < -0.39 is 10.0 Å². The molecule has 0 bridgehead atoms. The largest absolute Gasteiger partial charge is 0.303 e. The molecule has 0 aromatic heterocycles. The number of nitrogens with zero attached hydrogens (tertiary/aromatic N) is 2. The summed E-state index contributed by atoms with van der Waals surface area (Å²) in [5.41, 5.74) is 1.41. The first kappa shape index (κ1) is 24.9. The van der Waals surface area contributed by atoms with Gasteiger partial charge in [-0.2, -0.15) is 4.31 Å². The monoisotopic (exact) mass is 478 g/mol. The zero-order valence-corrected chi connectivity index (χ0v) is 21.4. The summed E-state index contributed by atoms with van der Waals surface area (Å²) in [7, 11) is -3.54. The number of likely N-dealkylation sites (tertiary alicyclic amines) is 1. The molecule has 3 aromatic carbocycles. The number of benzene rings is 3. The van der Waals surface area contributed by atoms with Crippen LogP contribution in [-0.2, 0) is 10.0 Å². The van der Waals surface area contributed by atoms with E-state index in [-0.39, 0.29) is 0 Å². The van der Waals surface area contributed by atoms with Gasteiger partial charge in [0.15, 0.2) is 0 Å². The van der Waals surface area contributed by atoms with Crippen LogP contribution in [0.1, 0.15) is 51.0 Å². The summed E-state index contributed by atoms with van der Waals surface area (Å²) in [6, 6.07) is 24.1. The van der Waals surface area contributed by atoms with Gasteiger partial charge in [-0.15, -0.1) is 0 Å². The predicted octanol–water partition coefficient (Wildman–Crippen LogP) is 6.15. The first-order valence-electron chi connectivity index (χ1n) is 12.7. The molecule has 3 aromatic rings. The lowest BCUT2D eigenvalue weighted by Crippen LogP contribution is -2.41. The highest BCUT2D eigenvalue weighted by Gasteiger charge is 2.29. The highest BCUT2D eigenvalue weighted by Crippen LogP contribution is 2.28. The third kappa shape index (κ3) is 5.88. The van der Waals surface area contributed by atoms with Crippen molar-refractivity contribution in [1.82, 2.24) is 9.21 Å². The van der Waals surface area contributed by atoms with Crippen molar-refractivity contribution in [2.75, 3.05) is 32.7 Å². The molecular weight excluding hydrogens is 440 g/mol. The molecule has 1 aliphatic heterocycles. The van der Waals surface area contributed by atoms with Crippen LogP contribution in [0, 0.1) is 5.92 Å². The zero-order chi connectivity index (χ0) is 24.0. The molecule has 0 aliphatic carbocycles. The molecule has 0 spiro atoms. The van der Waals surface area contributed by atoms with Gasteiger partial charge < -0.3 is 4.90 Å². The number of hydrogen-bond donors (Lipinski definition) is 0. The Kier molecular flexibility index (Phi) is 8.41. The van der Waals surface area contributed by atoms with Gasteiger partial charge in [-0.1, -0.05) is 80.6 Å². The standard InChI is InChI=1S/C29H38N2O2S/c1-3-19-31(34(32,33)29-15-9-13-27-12-7-8-14-28(27)29)23-25-17-21-30(22-18-25)20-16-24(2)26-10-5-4-6-11-26/h4-15,24-25H,3,16-23H2,1-2H3. The van der Waals surface area contributed by atoms with Gasteiger partial charge in [0.1, 0.15) is 0 Å². The lowest BCUT2D eigenvalue weighted by atomic mass is 9.94. The van der Waals surface area contributed by atoms with Crippen LogP contribution >= 0.6 is 0 Å². The number of piperidine rings is 1. The maximum atomic E-state index is 13.7. The summed E-state index contributed by atoms with van der Waals surface area (Å²) in [5.74, 6) is 0.976. The summed E-state index contributed by atoms with van der Waals surface area (Å²) >= 11 is 0. The van der Waals surface area contributed by atoms with Crippen molar-refractivity contribution in [3.63, 3.8) is 0 Å². The summed E-state index contributed by atoms with van der Waals surface area (Å²) < 4.78 is 29.1. The first-order valence-corrected chi connectivity index (χ1v) is 14.2. The molecule has 0 N–H and O–H groups in total. The Labute approximate surface area is 205 Å². The summed E-state index contributed by atoms with van der Waals surface area (Å²) in [6.07, 6.45) is 4.10. The van der Waals surface area contributed by atoms with Gasteiger partial charge in [0.05, 0.1) is 4.90 Å². The second-order valence-corrected chi connectivity index (χ2v) is 11.6. The van der Waals surface area contributed by atoms with E-state index in [4.69, 9.17) is 0 Å². The maximum absolute atomic E-state index is 13.7. The van der Waals surface area contributed by atoms with Crippen molar-refractivity contribution in [2.24, 2.45) is 5.92 Å². The second kappa shape index (κ2) is 11.5. The third-order valence-corrected chi connectivity index (χ3v) is 9.18. The van der Waals surface area contributed by atoms with Crippen LogP contribution in [-0.4, -0.2) is 50.3 Å². The van der Waals surface area contributed by atoms with Crippen LogP contribution in [0.25, 0.3) is 10.8 Å². The van der Waals surface area contributed by atoms with Crippen LogP contribution in [0.4, 0.5) is 0 Å². The summed E-state index contributed by atoms with van der Waals surface area (Å²) in [4.78, 5) is 2.99. The lowest BCUT2D eigenvalue weighted by Gasteiger charge is -2.35. The quantitative estimate of drug-likeness (QED) is 0.351. The van der Waals surface area contributed by atoms with Crippen LogP contribution < -0.4 is 0 Å². The number of rotatable bonds is 10. The molecule has 1 aliphatic rings. The van der Waals surface area contributed by atoms with Crippen molar-refractivity contribution in [2.45, 2.75) is 50.3 Å². The van der Waals surface area contributed by atoms with E-state index >= 15 is 0 Å². The van der Waals surface area contributed by atoms with Crippen molar-refractivity contribution in [1.29, 1.82) is 0 Å². The molecular formula is C29H38N2O2S. The molecule has 5 heteroatoms. The fourth-order valence-corrected chi connectivity index (χ4v) is 6.95. The van der Waals surface area contributed by atoms with E-state index in [1.165, 1.54) is 5.56 Å². The molecule has 1 saturated heterocycles. The van der Waals surface area contributed by atoms with E-state index in [2.05, 4.69) is 49.1 Å². The molecule has 0 amide bonds. The first-order chi connectivity index (χ1) is 16.5. The Morgan fingerprint density at radius 1 is 0.941 bits per heavy atom. The zero-order valence-electron chi connectivity index (χ0n) is 20.6. The van der Waals surface area contributed by atoms with Crippen molar-refractivity contribution >= 4 is 20.8 Å². The van der Waals surface area contributed by atoms with Crippen LogP contribution in [0.15, 0.2) is 77.7 Å². The molecule has 1 unspecified atom stereocenters. The van der Waals surface area contributed by atoms with Crippen LogP contribution in [0.5, 0.6) is 0 Å². The number of sulfonamides is 1. The van der Waals surface area contributed by atoms with E-state index in [9.17, 15) is 8.42 Å². The van der Waals surface area contributed by atoms with Gasteiger partial charge in [-0.25, -0.2) is 8.42 Å². The molecule has 1 fully saturated rings. The minimum Gasteiger partial charge on any atom is -0.303 e. The van der Waals surface area contributed by atoms with Crippen LogP contribution in [0.2, 0.25) is 0 Å². The third-order valence-electron chi connectivity index (χ3n) is 7.26. The van der Waals surface area contributed by atoms with Crippen LogP contribution in [0.3, 0.4) is 0 Å². The average molecular weight is 479 g/mol. The summed E-state index contributed by atoms with van der Waals surface area (Å²) in [5, 5.41) is 1.78. The Morgan fingerprint density at radius 2 is 1.62 bits per heavy atom. The highest BCUT2D eigenvalue weighted by atomic mass is 32.2. The van der Waals surface area contributed by atoms with Crippen molar-refractivity contribution in [3.8, 4) is 0 Å². The van der Waals surface area contributed by atoms with Gasteiger partial charge >= 0.3 is 0 Å². The Bertz CT molecular complexity index is 1150. The maximum Gasteiger partial charge on any atom is 0.243 e. The molecule has 1 atom stereocenters. The van der Waals surface area contributed by atoms with E-state index in [0.717, 1.165) is 56.1 Å². The van der Waals surface area contributed by atoms with E-state index in [0.29, 0.717) is 29.8 Å². The van der Waals surface area contributed by atoms with Gasteiger partial charge in [0, 0.05) is 18.5 Å². The molecule has 0 radical (unpaired) electrons. The SMILES string of the molecule is CCCN(CC1CCN(CCC(C)c2ccccc2)CC1)S(=O)(=O)c1cccc2ccccc12. The molecule has 4 nitrogen and oxygen atoms in total. The fourth-order valence-electron chi connectivity index (χ4n) is 5.12. The van der Waals surface area contributed by atoms with Crippen molar-refractivity contribution < 1.29 is 8.42 Å². The molecule has 4 rings (SSSR count). The number of fused-ring (bicyclic) bond motifs is 1. The smallest absolute Gasteiger partial charge is 0.243 e. The Balaban J connectivity index is 1.36. The van der Waals surface area contributed by atoms with Gasteiger partial charge in [0.2, 0.25) is 10.0 Å². The van der Waals surface area contributed by atoms with Crippen molar-refractivity contribution in [3.05, 3.63) is 78.4 Å². The molecule has 1 heterocycles. The summed E-state index contributed by atoms with van der Waals surface area (Å²) in [6.45, 7) is 8.77. The second-order valence-electron chi connectivity index (χ2n) is 9.73. The predicted molar refractivity (Wildman–Crippen MR) is 142 cm³/mol. The Morgan fingerprint density at radius 3 is 2.35 bits per heavy atom. The minimum atomic E-state index is -3.54. The molecule has 34 heavy (non-hydrogen) atoms. The minimum absolute atomic E-state index is 0.416. The fraction of sp³-hybridized carbons (Fsp3) is 0.448. The Hall–Kier alpha value is -2.21. The van der Waals surface area contributed by atoms with E-state index in [1.54, 1.807) is 10.4 Å². The number of hydrogen-bond acceptors (Lipinski definition) is 3. The topological polar surface area (TPSA) is 40.6 Å². The van der Waals surface area contributed by atoms with E-state index in [1.807, 2.05) is 36.4 Å². The van der Waals surface area contributed by atoms with Gasteiger partial charge in [-0.3, -0.25) is 0 Å². The van der Waals surface area contributed by atoms with Gasteiger partial charge in [0.25, 0.3) is 0 Å². The average Bonchev–Trinajstić information content (AvgIpc) is 2.88. The van der Waals surface area contributed by atoms with Gasteiger partial charge in [-0.05, 0) is 74.2 Å². The highest BCUT2D eigenvalue weighted by molar-refractivity contribution is 7.89. The normalized spacial score (nSPS) is 16.8. The molecule has 0 saturated carbocycles. The lowest BCUT2D eigenvalue weighted by molar-refractivity contribution is 0.164. The molecule has 182 valence electrons.